The van der Waals surface area contributed by atoms with Crippen molar-refractivity contribution in [2.75, 3.05) is 11.9 Å². The van der Waals surface area contributed by atoms with Crippen molar-refractivity contribution in [3.8, 4) is 0 Å². The smallest absolute Gasteiger partial charge is 0.265 e. The first-order chi connectivity index (χ1) is 9.93. The van der Waals surface area contributed by atoms with Crippen molar-refractivity contribution in [2.45, 2.75) is 32.6 Å². The number of amides is 1. The number of ketones is 1. The Hall–Kier alpha value is -1.95. The van der Waals surface area contributed by atoms with E-state index in [1.54, 1.807) is 0 Å². The third-order valence-corrected chi connectivity index (χ3v) is 3.15. The molecule has 7 heteroatoms. The van der Waals surface area contributed by atoms with Crippen LogP contribution in [-0.4, -0.2) is 23.2 Å². The molecule has 0 aliphatic rings. The summed E-state index contributed by atoms with van der Waals surface area (Å²) in [6.45, 7) is 1.25. The molecule has 0 aliphatic carbocycles. The fourth-order valence-corrected chi connectivity index (χ4v) is 2.07. The number of carbonyl (C=O) groups excluding carboxylic acids is 2. The fraction of sp³-hybridized carbons (Fsp3) is 0.429. The van der Waals surface area contributed by atoms with E-state index in [2.05, 4.69) is 12.2 Å². The van der Waals surface area contributed by atoms with Gasteiger partial charge in [0.1, 0.15) is 0 Å². The maximum Gasteiger partial charge on any atom is 0.265 e. The predicted molar refractivity (Wildman–Crippen MR) is 80.4 cm³/mol. The van der Waals surface area contributed by atoms with Gasteiger partial charge < -0.3 is 5.32 Å². The van der Waals surface area contributed by atoms with Crippen LogP contribution in [0.1, 0.15) is 43.0 Å². The van der Waals surface area contributed by atoms with Crippen LogP contribution in [0.2, 0.25) is 5.02 Å². The summed E-state index contributed by atoms with van der Waals surface area (Å²) in [4.78, 5) is 32.8. The summed E-state index contributed by atoms with van der Waals surface area (Å²) in [5.74, 6) is -0.783. The largest absolute Gasteiger partial charge is 0.326 e. The molecule has 1 amide bonds. The van der Waals surface area contributed by atoms with Gasteiger partial charge in [0.2, 0.25) is 11.7 Å². The molecule has 0 aliphatic heterocycles. The zero-order valence-corrected chi connectivity index (χ0v) is 12.5. The van der Waals surface area contributed by atoms with Gasteiger partial charge in [0.25, 0.3) is 6.54 Å². The highest BCUT2D eigenvalue weighted by molar-refractivity contribution is 6.34. The number of nitrogens with zero attached hydrogens (tertiary/aromatic N) is 1. The lowest BCUT2D eigenvalue weighted by Gasteiger charge is -2.07. The summed E-state index contributed by atoms with van der Waals surface area (Å²) in [5.41, 5.74) is 0.552. The number of rotatable bonds is 8. The average molecular weight is 313 g/mol. The lowest BCUT2D eigenvalue weighted by Crippen LogP contribution is -2.15. The van der Waals surface area contributed by atoms with E-state index in [1.165, 1.54) is 18.2 Å². The Balaban J connectivity index is 2.67. The minimum absolute atomic E-state index is 0.0809. The number of hydrogen-bond acceptors (Lipinski definition) is 4. The molecular weight excluding hydrogens is 296 g/mol. The second kappa shape index (κ2) is 8.36. The first kappa shape index (κ1) is 17.1. The van der Waals surface area contributed by atoms with E-state index in [1.807, 2.05) is 0 Å². The summed E-state index contributed by atoms with van der Waals surface area (Å²) in [6.07, 6.45) is 3.26. The number of nitro groups is 1. The molecule has 0 fully saturated rings. The van der Waals surface area contributed by atoms with E-state index in [-0.39, 0.29) is 16.5 Å². The van der Waals surface area contributed by atoms with E-state index >= 15 is 0 Å². The van der Waals surface area contributed by atoms with Crippen LogP contribution >= 0.6 is 11.6 Å². The van der Waals surface area contributed by atoms with Crippen LogP contribution in [0.5, 0.6) is 0 Å². The zero-order valence-electron chi connectivity index (χ0n) is 11.7. The van der Waals surface area contributed by atoms with Gasteiger partial charge in [-0.2, -0.15) is 0 Å². The molecule has 1 aromatic carbocycles. The van der Waals surface area contributed by atoms with Gasteiger partial charge in [-0.1, -0.05) is 31.4 Å². The van der Waals surface area contributed by atoms with Gasteiger partial charge in [-0.05, 0) is 24.6 Å². The number of hydrogen-bond donors (Lipinski definition) is 1. The summed E-state index contributed by atoms with van der Waals surface area (Å²) in [6, 6.07) is 4.32. The second-order valence-electron chi connectivity index (χ2n) is 4.61. The van der Waals surface area contributed by atoms with E-state index in [0.717, 1.165) is 19.3 Å². The molecule has 21 heavy (non-hydrogen) atoms. The predicted octanol–water partition coefficient (Wildman–Crippen LogP) is 3.32. The van der Waals surface area contributed by atoms with E-state index in [4.69, 9.17) is 11.6 Å². The fourth-order valence-electron chi connectivity index (χ4n) is 1.78. The Morgan fingerprint density at radius 3 is 2.62 bits per heavy atom. The first-order valence-corrected chi connectivity index (χ1v) is 7.06. The maximum atomic E-state index is 11.7. The van der Waals surface area contributed by atoms with Crippen LogP contribution in [0, 0.1) is 10.1 Å². The van der Waals surface area contributed by atoms with Gasteiger partial charge in [-0.25, -0.2) is 0 Å². The lowest BCUT2D eigenvalue weighted by atomic mass is 10.1. The Morgan fingerprint density at radius 1 is 1.33 bits per heavy atom. The standard InChI is InChI=1S/C14H17ClN2O4/c1-2-3-4-5-14(19)16-10-6-7-11(12(15)8-10)13(18)9-17(20)21/h6-8H,2-5,9H2,1H3,(H,16,19). The number of carbonyl (C=O) groups is 2. The van der Waals surface area contributed by atoms with E-state index in [9.17, 15) is 19.7 Å². The molecule has 6 nitrogen and oxygen atoms in total. The molecule has 0 aromatic heterocycles. The van der Waals surface area contributed by atoms with Crippen LogP contribution in [0.3, 0.4) is 0 Å². The zero-order chi connectivity index (χ0) is 15.8. The summed E-state index contributed by atoms with van der Waals surface area (Å²) >= 11 is 5.92. The van der Waals surface area contributed by atoms with Crippen LogP contribution in [0.25, 0.3) is 0 Å². The van der Waals surface area contributed by atoms with Gasteiger partial charge in [-0.3, -0.25) is 19.7 Å². The van der Waals surface area contributed by atoms with Crippen LogP contribution in [0.4, 0.5) is 5.69 Å². The van der Waals surface area contributed by atoms with Crippen molar-refractivity contribution < 1.29 is 14.5 Å². The topological polar surface area (TPSA) is 89.3 Å². The highest BCUT2D eigenvalue weighted by atomic mass is 35.5. The average Bonchev–Trinajstić information content (AvgIpc) is 2.38. The van der Waals surface area contributed by atoms with Gasteiger partial charge in [0.15, 0.2) is 0 Å². The van der Waals surface area contributed by atoms with Gasteiger partial charge >= 0.3 is 0 Å². The van der Waals surface area contributed by atoms with Crippen molar-refractivity contribution in [3.63, 3.8) is 0 Å². The Kier molecular flexibility index (Phi) is 6.81. The number of halogens is 1. The van der Waals surface area contributed by atoms with E-state index in [0.29, 0.717) is 12.1 Å². The molecule has 0 unspecified atom stereocenters. The monoisotopic (exact) mass is 312 g/mol. The highest BCUT2D eigenvalue weighted by Gasteiger charge is 2.16. The SMILES string of the molecule is CCCCCC(=O)Nc1ccc(C(=O)C[N+](=O)[O-])c(Cl)c1. The Bertz CT molecular complexity index is 546. The van der Waals surface area contributed by atoms with E-state index < -0.39 is 17.3 Å². The molecule has 1 aromatic rings. The third-order valence-electron chi connectivity index (χ3n) is 2.83. The molecule has 0 saturated heterocycles. The van der Waals surface area contributed by atoms with Crippen molar-refractivity contribution in [1.29, 1.82) is 0 Å². The highest BCUT2D eigenvalue weighted by Crippen LogP contribution is 2.22. The lowest BCUT2D eigenvalue weighted by molar-refractivity contribution is -0.465. The van der Waals surface area contributed by atoms with Crippen LogP contribution < -0.4 is 5.32 Å². The van der Waals surface area contributed by atoms with Crippen LogP contribution in [0.15, 0.2) is 18.2 Å². The van der Waals surface area contributed by atoms with Crippen molar-refractivity contribution >= 4 is 29.0 Å². The molecule has 0 bridgehead atoms. The van der Waals surface area contributed by atoms with Gasteiger partial charge in [0, 0.05) is 22.6 Å². The molecule has 0 heterocycles. The number of benzene rings is 1. The van der Waals surface area contributed by atoms with Crippen molar-refractivity contribution in [1.82, 2.24) is 0 Å². The molecule has 0 saturated carbocycles. The molecule has 1 N–H and O–H groups in total. The second-order valence-corrected chi connectivity index (χ2v) is 5.02. The number of anilines is 1. The minimum Gasteiger partial charge on any atom is -0.326 e. The first-order valence-electron chi connectivity index (χ1n) is 6.68. The summed E-state index contributed by atoms with van der Waals surface area (Å²) in [7, 11) is 0. The molecule has 114 valence electrons. The van der Waals surface area contributed by atoms with Crippen molar-refractivity contribution in [2.24, 2.45) is 0 Å². The molecule has 0 spiro atoms. The number of Topliss-reactive ketones (excluding diaryl/α,β-unsaturated/α-hetero) is 1. The third kappa shape index (κ3) is 5.91. The molecule has 1 rings (SSSR count). The summed E-state index contributed by atoms with van der Waals surface area (Å²) in [5, 5.41) is 13.1. The number of nitrogens with one attached hydrogen (secondary N) is 1. The normalized spacial score (nSPS) is 10.2. The minimum atomic E-state index is -0.803. The van der Waals surface area contributed by atoms with Crippen molar-refractivity contribution in [3.05, 3.63) is 38.9 Å². The van der Waals surface area contributed by atoms with Gasteiger partial charge in [-0.15, -0.1) is 0 Å². The quantitative estimate of drug-likeness (QED) is 0.345. The summed E-state index contributed by atoms with van der Waals surface area (Å²) < 4.78 is 0. The molecule has 0 atom stereocenters. The Morgan fingerprint density at radius 2 is 2.05 bits per heavy atom. The molecular formula is C14H17ClN2O4. The van der Waals surface area contributed by atoms with Crippen LogP contribution in [-0.2, 0) is 4.79 Å². The number of unbranched alkanes of at least 4 members (excludes halogenated alkanes) is 2. The molecule has 0 radical (unpaired) electrons. The maximum absolute atomic E-state index is 11.7. The Labute approximate surface area is 127 Å². The van der Waals surface area contributed by atoms with Gasteiger partial charge in [0.05, 0.1) is 5.02 Å².